The normalized spacial score (nSPS) is 15.9. The van der Waals surface area contributed by atoms with Crippen molar-refractivity contribution in [3.05, 3.63) is 41.9 Å². The molecule has 0 unspecified atom stereocenters. The van der Waals surface area contributed by atoms with Crippen molar-refractivity contribution in [3.8, 4) is 22.5 Å². The first-order valence-electron chi connectivity index (χ1n) is 11.2. The van der Waals surface area contributed by atoms with E-state index < -0.39 is 13.7 Å². The van der Waals surface area contributed by atoms with Crippen LogP contribution in [0.3, 0.4) is 0 Å². The lowest BCUT2D eigenvalue weighted by Gasteiger charge is -2.03. The van der Waals surface area contributed by atoms with Crippen LogP contribution in [-0.2, 0) is 14.1 Å². The zero-order valence-corrected chi connectivity index (χ0v) is 14.5. The molecule has 5 rings (SSSR count). The summed E-state index contributed by atoms with van der Waals surface area (Å²) in [4.78, 5) is 7.85. The first-order chi connectivity index (χ1) is 15.4. The van der Waals surface area contributed by atoms with Crippen molar-refractivity contribution in [2.24, 2.45) is 14.1 Å². The van der Waals surface area contributed by atoms with E-state index in [1.54, 1.807) is 32.4 Å². The maximum atomic E-state index is 7.75. The van der Waals surface area contributed by atoms with E-state index in [0.29, 0.717) is 33.5 Å². The van der Waals surface area contributed by atoms with Gasteiger partial charge in [0.15, 0.2) is 0 Å². The Morgan fingerprint density at radius 3 is 2.26 bits per heavy atom. The molecule has 4 heterocycles. The largest absolute Gasteiger partial charge is 0.353 e. The Balaban J connectivity index is 1.67. The SMILES string of the molecule is [2H]C([2H])([2H])c1nnn(C)c1-c1ccc2c(c1)[nH]c1cc(-c3c(C([2H])([2H])[2H])nnn3C)cnc12. The van der Waals surface area contributed by atoms with Gasteiger partial charge in [-0.2, -0.15) is 0 Å². The first kappa shape index (κ1) is 10.6. The Kier molecular flexibility index (Phi) is 2.14. The summed E-state index contributed by atoms with van der Waals surface area (Å²) >= 11 is 0. The maximum absolute atomic E-state index is 7.75. The Bertz CT molecular complexity index is 1410. The molecule has 0 saturated carbocycles. The van der Waals surface area contributed by atoms with Gasteiger partial charge in [-0.25, -0.2) is 9.36 Å². The van der Waals surface area contributed by atoms with Crippen molar-refractivity contribution in [3.63, 3.8) is 0 Å². The van der Waals surface area contributed by atoms with Gasteiger partial charge in [-0.15, -0.1) is 10.2 Å². The average Bonchev–Trinajstić information content (AvgIpc) is 3.40. The lowest BCUT2D eigenvalue weighted by Crippen LogP contribution is -1.95. The van der Waals surface area contributed by atoms with E-state index in [4.69, 9.17) is 8.22 Å². The quantitative estimate of drug-likeness (QED) is 0.520. The Morgan fingerprint density at radius 2 is 1.56 bits per heavy atom. The van der Waals surface area contributed by atoms with Crippen LogP contribution in [0.1, 0.15) is 19.6 Å². The second kappa shape index (κ2) is 5.47. The molecule has 5 aromatic rings. The number of nitrogens with one attached hydrogen (secondary N) is 1. The van der Waals surface area contributed by atoms with Crippen LogP contribution in [0.15, 0.2) is 30.5 Å². The summed E-state index contributed by atoms with van der Waals surface area (Å²) in [6, 6.07) is 7.28. The highest BCUT2D eigenvalue weighted by atomic mass is 15.4. The number of pyridine rings is 1. The minimum absolute atomic E-state index is 0.0678. The fourth-order valence-corrected chi connectivity index (χ4v) is 3.41. The van der Waals surface area contributed by atoms with Crippen LogP contribution in [0.4, 0.5) is 0 Å². The molecule has 4 aromatic heterocycles. The van der Waals surface area contributed by atoms with Gasteiger partial charge in [-0.3, -0.25) is 4.98 Å². The monoisotopic (exact) mass is 364 g/mol. The number of benzene rings is 1. The fourth-order valence-electron chi connectivity index (χ4n) is 3.41. The summed E-state index contributed by atoms with van der Waals surface area (Å²) in [6.07, 6.45) is 1.59. The van der Waals surface area contributed by atoms with Crippen LogP contribution in [0.25, 0.3) is 44.5 Å². The molecule has 0 aliphatic carbocycles. The minimum Gasteiger partial charge on any atom is -0.353 e. The van der Waals surface area contributed by atoms with Crippen molar-refractivity contribution in [1.82, 2.24) is 40.0 Å². The Labute approximate surface area is 163 Å². The number of H-pyrrole nitrogens is 1. The second-order valence-electron chi connectivity index (χ2n) is 6.33. The van der Waals surface area contributed by atoms with Gasteiger partial charge in [0.1, 0.15) is 0 Å². The van der Waals surface area contributed by atoms with Crippen LogP contribution in [0.5, 0.6) is 0 Å². The predicted octanol–water partition coefficient (Wildman–Crippen LogP) is 2.92. The van der Waals surface area contributed by atoms with Gasteiger partial charge in [0.25, 0.3) is 0 Å². The third-order valence-electron chi connectivity index (χ3n) is 4.63. The van der Waals surface area contributed by atoms with E-state index in [1.165, 1.54) is 9.36 Å². The summed E-state index contributed by atoms with van der Waals surface area (Å²) in [7, 11) is 3.27. The smallest absolute Gasteiger partial charge is 0.0958 e. The molecule has 134 valence electrons. The molecule has 0 saturated heterocycles. The predicted molar refractivity (Wildman–Crippen MR) is 103 cm³/mol. The average molecular weight is 364 g/mol. The fraction of sp³-hybridized carbons (Fsp3) is 0.211. The highest BCUT2D eigenvalue weighted by molar-refractivity contribution is 6.06. The third-order valence-corrected chi connectivity index (χ3v) is 4.63. The van der Waals surface area contributed by atoms with Crippen molar-refractivity contribution < 1.29 is 8.22 Å². The summed E-state index contributed by atoms with van der Waals surface area (Å²) in [5.74, 6) is 0. The second-order valence-corrected chi connectivity index (χ2v) is 6.33. The van der Waals surface area contributed by atoms with Crippen molar-refractivity contribution in [1.29, 1.82) is 0 Å². The van der Waals surface area contributed by atoms with Gasteiger partial charge >= 0.3 is 0 Å². The first-order valence-corrected chi connectivity index (χ1v) is 8.17. The van der Waals surface area contributed by atoms with Gasteiger partial charge in [-0.05, 0) is 31.9 Å². The van der Waals surface area contributed by atoms with Crippen LogP contribution < -0.4 is 0 Å². The van der Waals surface area contributed by atoms with Crippen LogP contribution >= 0.6 is 0 Å². The summed E-state index contributed by atoms with van der Waals surface area (Å²) in [5, 5.41) is 16.2. The zero-order chi connectivity index (χ0) is 23.7. The molecule has 1 aromatic carbocycles. The van der Waals surface area contributed by atoms with Crippen LogP contribution in [0.2, 0.25) is 0 Å². The summed E-state index contributed by atoms with van der Waals surface area (Å²) in [6.45, 7) is -4.81. The van der Waals surface area contributed by atoms with E-state index in [9.17, 15) is 0 Å². The molecule has 0 radical (unpaired) electrons. The van der Waals surface area contributed by atoms with Crippen molar-refractivity contribution in [2.75, 3.05) is 0 Å². The van der Waals surface area contributed by atoms with Gasteiger partial charge in [0.05, 0.1) is 33.8 Å². The molecule has 0 aliphatic heterocycles. The molecule has 8 heteroatoms. The molecule has 0 amide bonds. The summed E-state index contributed by atoms with van der Waals surface area (Å²) in [5.41, 5.74) is 3.96. The van der Waals surface area contributed by atoms with Crippen molar-refractivity contribution in [2.45, 2.75) is 13.7 Å². The molecule has 0 bridgehead atoms. The number of aromatic amines is 1. The number of aromatic nitrogens is 8. The Morgan fingerprint density at radius 1 is 0.889 bits per heavy atom. The van der Waals surface area contributed by atoms with Gasteiger partial charge < -0.3 is 4.98 Å². The third kappa shape index (κ3) is 2.26. The lowest BCUT2D eigenvalue weighted by molar-refractivity contribution is 0.719. The molecule has 0 fully saturated rings. The highest BCUT2D eigenvalue weighted by Crippen LogP contribution is 2.31. The highest BCUT2D eigenvalue weighted by Gasteiger charge is 2.14. The van der Waals surface area contributed by atoms with E-state index in [0.717, 1.165) is 10.9 Å². The van der Waals surface area contributed by atoms with E-state index >= 15 is 0 Å². The number of hydrogen-bond acceptors (Lipinski definition) is 5. The van der Waals surface area contributed by atoms with Gasteiger partial charge in [-0.1, -0.05) is 16.5 Å². The number of aryl methyl sites for hydroxylation is 4. The number of rotatable bonds is 2. The maximum Gasteiger partial charge on any atom is 0.0958 e. The van der Waals surface area contributed by atoms with Gasteiger partial charge in [0.2, 0.25) is 0 Å². The molecule has 0 spiro atoms. The zero-order valence-electron chi connectivity index (χ0n) is 20.5. The molecule has 8 nitrogen and oxygen atoms in total. The van der Waals surface area contributed by atoms with E-state index in [1.807, 2.05) is 12.1 Å². The van der Waals surface area contributed by atoms with Crippen molar-refractivity contribution >= 4 is 21.9 Å². The molecule has 1 N–H and O–H groups in total. The molecular weight excluding hydrogens is 340 g/mol. The topological polar surface area (TPSA) is 90.1 Å². The summed E-state index contributed by atoms with van der Waals surface area (Å²) < 4.78 is 49.3. The molecule has 0 atom stereocenters. The van der Waals surface area contributed by atoms with Crippen LogP contribution in [0, 0.1) is 13.7 Å². The van der Waals surface area contributed by atoms with E-state index in [-0.39, 0.29) is 11.4 Å². The number of hydrogen-bond donors (Lipinski definition) is 1. The number of fused-ring (bicyclic) bond motifs is 3. The van der Waals surface area contributed by atoms with Crippen LogP contribution in [-0.4, -0.2) is 40.0 Å². The van der Waals surface area contributed by atoms with E-state index in [2.05, 4.69) is 30.6 Å². The molecular formula is C19H18N8. The molecule has 27 heavy (non-hydrogen) atoms. The van der Waals surface area contributed by atoms with Gasteiger partial charge in [0, 0.05) is 50.5 Å². The molecule has 0 aliphatic rings. The minimum atomic E-state index is -2.41. The lowest BCUT2D eigenvalue weighted by atomic mass is 10.1. The Hall–Kier alpha value is -3.55. The number of nitrogens with zero attached hydrogens (tertiary/aromatic N) is 7. The standard InChI is InChI=1S/C19H18N8/c1-10-18(26(3)24-22-10)12-5-6-14-15(7-12)21-16-8-13(9-20-17(14)16)19-11(2)23-25-27(19)4/h5-9,21H,1-4H3/i1D3,2D3.